The molecular weight excluding hydrogens is 388 g/mol. The van der Waals surface area contributed by atoms with E-state index in [4.69, 9.17) is 14.2 Å². The minimum absolute atomic E-state index is 0.00545. The zero-order valence-corrected chi connectivity index (χ0v) is 15.4. The molecule has 0 atom stereocenters. The Morgan fingerprint density at radius 2 is 1.69 bits per heavy atom. The smallest absolute Gasteiger partial charge is 0.311 e. The molecule has 29 heavy (non-hydrogen) atoms. The van der Waals surface area contributed by atoms with E-state index < -0.39 is 22.4 Å². The van der Waals surface area contributed by atoms with E-state index in [-0.39, 0.29) is 34.2 Å². The predicted molar refractivity (Wildman–Crippen MR) is 101 cm³/mol. The molecule has 0 aromatic heterocycles. The van der Waals surface area contributed by atoms with Gasteiger partial charge < -0.3 is 14.2 Å². The quantitative estimate of drug-likeness (QED) is 0.378. The molecule has 12 nitrogen and oxygen atoms in total. The van der Waals surface area contributed by atoms with E-state index in [2.05, 4.69) is 10.5 Å². The Kier molecular flexibility index (Phi) is 7.01. The van der Waals surface area contributed by atoms with Crippen LogP contribution < -0.4 is 19.6 Å². The van der Waals surface area contributed by atoms with E-state index in [0.717, 1.165) is 6.21 Å². The van der Waals surface area contributed by atoms with Crippen LogP contribution >= 0.6 is 0 Å². The van der Waals surface area contributed by atoms with Gasteiger partial charge in [0.25, 0.3) is 5.91 Å². The molecule has 0 unspecified atom stereocenters. The molecule has 1 amide bonds. The summed E-state index contributed by atoms with van der Waals surface area (Å²) in [6.07, 6.45) is 1.15. The maximum Gasteiger partial charge on any atom is 0.311 e. The van der Waals surface area contributed by atoms with Crippen LogP contribution in [0.15, 0.2) is 41.5 Å². The standard InChI is InChI=1S/C17H16N4O8/c1-27-15-8-16(28-2)13(21(25)26)7-11(15)9-18-19-17(22)10-29-14-6-4-3-5-12(14)20(23)24/h3-9H,10H2,1-2H3,(H,19,22). The lowest BCUT2D eigenvalue weighted by Gasteiger charge is -2.08. The molecule has 0 saturated carbocycles. The number of amides is 1. The minimum atomic E-state index is -0.693. The minimum Gasteiger partial charge on any atom is -0.496 e. The Morgan fingerprint density at radius 1 is 1.03 bits per heavy atom. The fourth-order valence-electron chi connectivity index (χ4n) is 2.23. The number of hydrogen-bond acceptors (Lipinski definition) is 9. The molecular formula is C17H16N4O8. The molecule has 2 aromatic rings. The van der Waals surface area contributed by atoms with Crippen LogP contribution in [0.5, 0.6) is 17.2 Å². The van der Waals surface area contributed by atoms with Crippen LogP contribution in [0.4, 0.5) is 11.4 Å². The number of hydrogen-bond donors (Lipinski definition) is 1. The number of nitrogens with zero attached hydrogens (tertiary/aromatic N) is 3. The largest absolute Gasteiger partial charge is 0.496 e. The van der Waals surface area contributed by atoms with E-state index in [1.165, 1.54) is 50.6 Å². The van der Waals surface area contributed by atoms with Crippen molar-refractivity contribution in [3.05, 3.63) is 62.2 Å². The second-order valence-electron chi connectivity index (χ2n) is 5.33. The second kappa shape index (κ2) is 9.64. The third-order valence-corrected chi connectivity index (χ3v) is 3.54. The average molecular weight is 404 g/mol. The van der Waals surface area contributed by atoms with E-state index in [1.54, 1.807) is 0 Å². The first-order valence-corrected chi connectivity index (χ1v) is 7.96. The maximum absolute atomic E-state index is 11.8. The summed E-state index contributed by atoms with van der Waals surface area (Å²) < 4.78 is 15.2. The van der Waals surface area contributed by atoms with Crippen LogP contribution in [0, 0.1) is 20.2 Å². The number of rotatable bonds is 9. The number of nitro groups is 2. The summed E-state index contributed by atoms with van der Waals surface area (Å²) >= 11 is 0. The predicted octanol–water partition coefficient (Wildman–Crippen LogP) is 2.05. The van der Waals surface area contributed by atoms with Gasteiger partial charge in [0.15, 0.2) is 12.4 Å². The van der Waals surface area contributed by atoms with Gasteiger partial charge in [-0.1, -0.05) is 12.1 Å². The van der Waals surface area contributed by atoms with Gasteiger partial charge in [-0.15, -0.1) is 0 Å². The molecule has 0 saturated heterocycles. The molecule has 2 aromatic carbocycles. The number of methoxy groups -OCH3 is 2. The summed E-state index contributed by atoms with van der Waals surface area (Å²) in [7, 11) is 2.64. The van der Waals surface area contributed by atoms with Crippen LogP contribution in [0.3, 0.4) is 0 Å². The molecule has 0 aliphatic carbocycles. The topological polar surface area (TPSA) is 155 Å². The third-order valence-electron chi connectivity index (χ3n) is 3.54. The molecule has 152 valence electrons. The van der Waals surface area contributed by atoms with Crippen molar-refractivity contribution in [3.8, 4) is 17.2 Å². The maximum atomic E-state index is 11.8. The monoisotopic (exact) mass is 404 g/mol. The number of carbonyl (C=O) groups is 1. The van der Waals surface area contributed by atoms with E-state index >= 15 is 0 Å². The third kappa shape index (κ3) is 5.38. The Bertz CT molecular complexity index is 960. The fourth-order valence-corrected chi connectivity index (χ4v) is 2.23. The molecule has 0 bridgehead atoms. The van der Waals surface area contributed by atoms with Gasteiger partial charge in [-0.05, 0) is 6.07 Å². The number of para-hydroxylation sites is 2. The highest BCUT2D eigenvalue weighted by atomic mass is 16.6. The van der Waals surface area contributed by atoms with Crippen molar-refractivity contribution >= 4 is 23.5 Å². The second-order valence-corrected chi connectivity index (χ2v) is 5.33. The normalized spacial score (nSPS) is 10.4. The zero-order chi connectivity index (χ0) is 21.4. The molecule has 2 rings (SSSR count). The molecule has 0 aliphatic heterocycles. The van der Waals surface area contributed by atoms with Crippen molar-refractivity contribution in [1.29, 1.82) is 0 Å². The summed E-state index contributed by atoms with van der Waals surface area (Å²) in [5.41, 5.74) is 1.80. The van der Waals surface area contributed by atoms with E-state index in [0.29, 0.717) is 0 Å². The molecule has 0 heterocycles. The molecule has 12 heteroatoms. The van der Waals surface area contributed by atoms with Gasteiger partial charge in [0, 0.05) is 23.8 Å². The molecule has 0 aliphatic rings. The molecule has 0 radical (unpaired) electrons. The van der Waals surface area contributed by atoms with Crippen LogP contribution in [-0.2, 0) is 4.79 Å². The highest BCUT2D eigenvalue weighted by Gasteiger charge is 2.19. The summed E-state index contributed by atoms with van der Waals surface area (Å²) in [5.74, 6) is -0.516. The first kappa shape index (κ1) is 21.1. The van der Waals surface area contributed by atoms with E-state index in [9.17, 15) is 25.0 Å². The first-order valence-electron chi connectivity index (χ1n) is 7.96. The number of nitrogens with one attached hydrogen (secondary N) is 1. The SMILES string of the molecule is COc1cc(OC)c([N+](=O)[O-])cc1C=NNC(=O)COc1ccccc1[N+](=O)[O-]. The number of benzene rings is 2. The fraction of sp³-hybridized carbons (Fsp3) is 0.176. The highest BCUT2D eigenvalue weighted by molar-refractivity contribution is 5.87. The van der Waals surface area contributed by atoms with Crippen LogP contribution in [-0.4, -0.2) is 42.8 Å². The number of carbonyl (C=O) groups excluding carboxylic acids is 1. The van der Waals surface area contributed by atoms with Crippen molar-refractivity contribution in [1.82, 2.24) is 5.43 Å². The van der Waals surface area contributed by atoms with Gasteiger partial charge in [0.2, 0.25) is 5.75 Å². The lowest BCUT2D eigenvalue weighted by molar-refractivity contribution is -0.385. The van der Waals surface area contributed by atoms with Gasteiger partial charge in [-0.25, -0.2) is 5.43 Å². The number of hydrazone groups is 1. The van der Waals surface area contributed by atoms with Gasteiger partial charge in [0.1, 0.15) is 5.75 Å². The van der Waals surface area contributed by atoms with Gasteiger partial charge in [-0.3, -0.25) is 25.0 Å². The summed E-state index contributed by atoms with van der Waals surface area (Å²) in [6, 6.07) is 8.10. The van der Waals surface area contributed by atoms with Crippen LogP contribution in [0.2, 0.25) is 0 Å². The first-order chi connectivity index (χ1) is 13.9. The summed E-state index contributed by atoms with van der Waals surface area (Å²) in [6.45, 7) is -0.526. The van der Waals surface area contributed by atoms with Crippen molar-refractivity contribution in [2.24, 2.45) is 5.10 Å². The van der Waals surface area contributed by atoms with Crippen LogP contribution in [0.25, 0.3) is 0 Å². The summed E-state index contributed by atoms with van der Waals surface area (Å²) in [5, 5.41) is 25.7. The number of nitro benzene ring substituents is 2. The summed E-state index contributed by atoms with van der Waals surface area (Å²) in [4.78, 5) is 32.6. The van der Waals surface area contributed by atoms with Crippen molar-refractivity contribution in [2.45, 2.75) is 0 Å². The van der Waals surface area contributed by atoms with Crippen LogP contribution in [0.1, 0.15) is 5.56 Å². The van der Waals surface area contributed by atoms with Crippen molar-refractivity contribution < 1.29 is 28.9 Å². The molecule has 0 spiro atoms. The van der Waals surface area contributed by atoms with Gasteiger partial charge in [0.05, 0.1) is 30.3 Å². The average Bonchev–Trinajstić information content (AvgIpc) is 2.71. The van der Waals surface area contributed by atoms with Gasteiger partial charge in [-0.2, -0.15) is 5.10 Å². The lowest BCUT2D eigenvalue weighted by Crippen LogP contribution is -2.24. The molecule has 1 N–H and O–H groups in total. The van der Waals surface area contributed by atoms with Gasteiger partial charge >= 0.3 is 11.4 Å². The van der Waals surface area contributed by atoms with Crippen molar-refractivity contribution in [3.63, 3.8) is 0 Å². The number of ether oxygens (including phenoxy) is 3. The Balaban J connectivity index is 2.06. The Labute approximate surface area is 164 Å². The van der Waals surface area contributed by atoms with E-state index in [1.807, 2.05) is 0 Å². The van der Waals surface area contributed by atoms with Crippen molar-refractivity contribution in [2.75, 3.05) is 20.8 Å². The Morgan fingerprint density at radius 3 is 2.31 bits per heavy atom. The Hall–Kier alpha value is -4.22. The lowest BCUT2D eigenvalue weighted by atomic mass is 10.1. The zero-order valence-electron chi connectivity index (χ0n) is 15.4. The molecule has 0 fully saturated rings. The highest BCUT2D eigenvalue weighted by Crippen LogP contribution is 2.33.